The van der Waals surface area contributed by atoms with Crippen LogP contribution in [0, 0.1) is 0 Å². The summed E-state index contributed by atoms with van der Waals surface area (Å²) in [6.45, 7) is 0.00174. The number of carbonyl (C=O) groups is 2. The number of hydrogen-bond acceptors (Lipinski definition) is 15. The highest BCUT2D eigenvalue weighted by Gasteiger charge is 2.35. The minimum absolute atomic E-state index is 0.0296. The summed E-state index contributed by atoms with van der Waals surface area (Å²) in [7, 11) is 3.08. The number of hydrogen-bond donors (Lipinski definition) is 3. The lowest BCUT2D eigenvalue weighted by atomic mass is 9.87. The molecule has 5 heterocycles. The summed E-state index contributed by atoms with van der Waals surface area (Å²) < 4.78 is 54.7. The zero-order valence-electron chi connectivity index (χ0n) is 30.9. The highest BCUT2D eigenvalue weighted by atomic mass is 16.7. The molecular formula is C43H32O15. The molecule has 3 N–H and O–H groups in total. The van der Waals surface area contributed by atoms with Crippen LogP contribution in [0.4, 0.5) is 0 Å². The second-order valence-electron chi connectivity index (χ2n) is 13.7. The van der Waals surface area contributed by atoms with E-state index in [1.807, 2.05) is 30.3 Å². The molecular weight excluding hydrogens is 756 g/mol. The SMILES string of the molecule is COc1c2c(c(-c3cc4c(cc3O)OCO4)c3cc(CO)c(CO)cc13)C(=O)OC2.COc1c2c(c(-c3ccc4c(c3)OCO4)c3cc4c(cc13)OCO4)C(=O)OC2. The Morgan fingerprint density at radius 3 is 1.57 bits per heavy atom. The van der Waals surface area contributed by atoms with Gasteiger partial charge in [-0.25, -0.2) is 9.59 Å². The summed E-state index contributed by atoms with van der Waals surface area (Å²) >= 11 is 0. The number of phenols is 1. The molecule has 0 aliphatic carbocycles. The van der Waals surface area contributed by atoms with Crippen LogP contribution in [-0.2, 0) is 35.9 Å². The third-order valence-electron chi connectivity index (χ3n) is 10.8. The van der Waals surface area contributed by atoms with E-state index in [0.717, 1.165) is 27.5 Å². The molecule has 15 nitrogen and oxygen atoms in total. The molecule has 0 amide bonds. The van der Waals surface area contributed by atoms with Crippen molar-refractivity contribution in [2.24, 2.45) is 0 Å². The summed E-state index contributed by atoms with van der Waals surface area (Å²) in [5.41, 5.74) is 5.50. The van der Waals surface area contributed by atoms with Gasteiger partial charge in [0.2, 0.25) is 20.4 Å². The van der Waals surface area contributed by atoms with Gasteiger partial charge in [0.25, 0.3) is 0 Å². The quantitative estimate of drug-likeness (QED) is 0.161. The number of aromatic hydroxyl groups is 1. The smallest absolute Gasteiger partial charge is 0.339 e. The van der Waals surface area contributed by atoms with Crippen LogP contribution in [0.1, 0.15) is 43.0 Å². The molecule has 15 heteroatoms. The molecule has 0 bridgehead atoms. The normalized spacial score (nSPS) is 14.9. The Morgan fingerprint density at radius 2 is 0.983 bits per heavy atom. The average molecular weight is 789 g/mol. The van der Waals surface area contributed by atoms with E-state index >= 15 is 0 Å². The van der Waals surface area contributed by atoms with E-state index in [-0.39, 0.29) is 64.1 Å². The fourth-order valence-electron chi connectivity index (χ4n) is 8.21. The van der Waals surface area contributed by atoms with E-state index in [1.165, 1.54) is 13.2 Å². The molecule has 6 aromatic carbocycles. The van der Waals surface area contributed by atoms with E-state index in [1.54, 1.807) is 25.3 Å². The predicted octanol–water partition coefficient (Wildman–Crippen LogP) is 6.25. The van der Waals surface area contributed by atoms with Crippen LogP contribution in [0.2, 0.25) is 0 Å². The first-order chi connectivity index (χ1) is 28.3. The maximum Gasteiger partial charge on any atom is 0.339 e. The lowest BCUT2D eigenvalue weighted by molar-refractivity contribution is 0.0525. The van der Waals surface area contributed by atoms with Gasteiger partial charge in [0.05, 0.1) is 38.6 Å². The number of ether oxygens (including phenoxy) is 10. The van der Waals surface area contributed by atoms with Gasteiger partial charge in [-0.1, -0.05) is 6.07 Å². The maximum atomic E-state index is 12.7. The first-order valence-corrected chi connectivity index (χ1v) is 18.0. The number of rotatable bonds is 6. The summed E-state index contributed by atoms with van der Waals surface area (Å²) in [6.07, 6.45) is 0. The highest BCUT2D eigenvalue weighted by molar-refractivity contribution is 6.15. The van der Waals surface area contributed by atoms with Crippen molar-refractivity contribution in [3.8, 4) is 74.0 Å². The number of phenolic OH excluding ortho intramolecular Hbond substituents is 1. The predicted molar refractivity (Wildman–Crippen MR) is 202 cm³/mol. The van der Waals surface area contributed by atoms with Crippen molar-refractivity contribution in [1.82, 2.24) is 0 Å². The third-order valence-corrected chi connectivity index (χ3v) is 10.8. The van der Waals surface area contributed by atoms with Crippen molar-refractivity contribution in [2.75, 3.05) is 34.6 Å². The molecule has 0 unspecified atom stereocenters. The topological polar surface area (TPSA) is 187 Å². The van der Waals surface area contributed by atoms with Crippen molar-refractivity contribution in [1.29, 1.82) is 0 Å². The van der Waals surface area contributed by atoms with Gasteiger partial charge >= 0.3 is 11.9 Å². The monoisotopic (exact) mass is 788 g/mol. The van der Waals surface area contributed by atoms with Gasteiger partial charge in [-0.05, 0) is 69.9 Å². The zero-order chi connectivity index (χ0) is 39.8. The van der Waals surface area contributed by atoms with Crippen LogP contribution in [0.15, 0.2) is 54.6 Å². The van der Waals surface area contributed by atoms with Crippen LogP contribution in [0.5, 0.6) is 51.7 Å². The first kappa shape index (κ1) is 35.3. The lowest BCUT2D eigenvalue weighted by Crippen LogP contribution is -2.03. The summed E-state index contributed by atoms with van der Waals surface area (Å²) in [6, 6.07) is 15.9. The molecule has 0 saturated heterocycles. The Morgan fingerprint density at radius 1 is 0.517 bits per heavy atom. The Kier molecular flexibility index (Phi) is 8.24. The number of aliphatic hydroxyl groups is 2. The van der Waals surface area contributed by atoms with Gasteiger partial charge in [0.15, 0.2) is 34.5 Å². The van der Waals surface area contributed by atoms with Crippen molar-refractivity contribution in [3.05, 3.63) is 88.0 Å². The molecule has 0 saturated carbocycles. The second-order valence-corrected chi connectivity index (χ2v) is 13.7. The largest absolute Gasteiger partial charge is 0.507 e. The summed E-state index contributed by atoms with van der Waals surface area (Å²) in [5.74, 6) is 3.51. The van der Waals surface area contributed by atoms with E-state index < -0.39 is 5.97 Å². The molecule has 0 atom stereocenters. The highest BCUT2D eigenvalue weighted by Crippen LogP contribution is 2.52. The molecule has 58 heavy (non-hydrogen) atoms. The minimum Gasteiger partial charge on any atom is -0.507 e. The molecule has 11 rings (SSSR count). The standard InChI is InChI=1S/C22H18O8.C21H14O7/c1-27-21-13-3-11(7-24)10(6-23)2-12(13)19(20-15(21)8-28-22(20)26)14-4-17-18(5-16(14)25)30-9-29-17;1-23-20-12-6-17-16(27-9-28-17)5-11(12)18(19-13(20)7-24-21(19)22)10-2-3-14-15(4-10)26-8-25-14/h2-5,23-25H,6-9H2,1H3;2-6H,7-9H2,1H3. The number of methoxy groups -OCH3 is 2. The van der Waals surface area contributed by atoms with E-state index in [2.05, 4.69) is 0 Å². The zero-order valence-corrected chi connectivity index (χ0v) is 30.9. The second kappa shape index (κ2) is 13.5. The molecule has 6 aromatic rings. The van der Waals surface area contributed by atoms with E-state index in [0.29, 0.717) is 90.1 Å². The van der Waals surface area contributed by atoms with Crippen molar-refractivity contribution in [2.45, 2.75) is 26.4 Å². The molecule has 0 spiro atoms. The minimum atomic E-state index is -0.533. The first-order valence-electron chi connectivity index (χ1n) is 18.0. The number of cyclic esters (lactones) is 2. The number of benzene rings is 6. The van der Waals surface area contributed by atoms with Gasteiger partial charge in [0.1, 0.15) is 30.5 Å². The Hall–Kier alpha value is -7.10. The van der Waals surface area contributed by atoms with Gasteiger partial charge in [-0.15, -0.1) is 0 Å². The van der Waals surface area contributed by atoms with Gasteiger partial charge < -0.3 is 62.7 Å². The number of esters is 2. The number of fused-ring (bicyclic) bond motifs is 7. The Labute approximate surface area is 328 Å². The van der Waals surface area contributed by atoms with Crippen molar-refractivity contribution in [3.63, 3.8) is 0 Å². The van der Waals surface area contributed by atoms with Gasteiger partial charge in [-0.3, -0.25) is 0 Å². The molecule has 0 radical (unpaired) electrons. The van der Waals surface area contributed by atoms with Crippen LogP contribution in [-0.4, -0.2) is 61.9 Å². The summed E-state index contributed by atoms with van der Waals surface area (Å²) in [5, 5.41) is 33.1. The van der Waals surface area contributed by atoms with Crippen molar-refractivity contribution < 1.29 is 72.3 Å². The van der Waals surface area contributed by atoms with E-state index in [4.69, 9.17) is 47.4 Å². The molecule has 294 valence electrons. The van der Waals surface area contributed by atoms with Gasteiger partial charge in [0, 0.05) is 44.7 Å². The fourth-order valence-corrected chi connectivity index (χ4v) is 8.21. The van der Waals surface area contributed by atoms with Crippen LogP contribution >= 0.6 is 0 Å². The van der Waals surface area contributed by atoms with Crippen molar-refractivity contribution >= 4 is 33.5 Å². The third kappa shape index (κ3) is 5.27. The average Bonchev–Trinajstić information content (AvgIpc) is 4.10. The van der Waals surface area contributed by atoms with Crippen LogP contribution in [0.3, 0.4) is 0 Å². The van der Waals surface area contributed by atoms with Crippen LogP contribution in [0.25, 0.3) is 43.8 Å². The fraction of sp³-hybridized carbons (Fsp3) is 0.209. The molecule has 5 aliphatic rings. The summed E-state index contributed by atoms with van der Waals surface area (Å²) in [4.78, 5) is 25.3. The molecule has 0 fully saturated rings. The molecule has 0 aromatic heterocycles. The Bertz CT molecular complexity index is 2770. The van der Waals surface area contributed by atoms with E-state index in [9.17, 15) is 24.9 Å². The number of aliphatic hydroxyl groups excluding tert-OH is 2. The Balaban J connectivity index is 0.000000141. The van der Waals surface area contributed by atoms with Gasteiger partial charge in [-0.2, -0.15) is 0 Å². The maximum absolute atomic E-state index is 12.7. The molecule has 5 aliphatic heterocycles. The van der Waals surface area contributed by atoms with Crippen LogP contribution < -0.4 is 37.9 Å². The number of carbonyl (C=O) groups excluding carboxylic acids is 2. The lowest BCUT2D eigenvalue weighted by Gasteiger charge is -2.18.